The zero-order chi connectivity index (χ0) is 17.6. The summed E-state index contributed by atoms with van der Waals surface area (Å²) in [4.78, 5) is 25.4. The van der Waals surface area contributed by atoms with Gasteiger partial charge in [-0.2, -0.15) is 0 Å². The smallest absolute Gasteiger partial charge is 0.339 e. The minimum atomic E-state index is -0.975. The van der Waals surface area contributed by atoms with Crippen molar-refractivity contribution in [2.75, 3.05) is 0 Å². The Hall–Kier alpha value is -3.20. The lowest BCUT2D eigenvalue weighted by atomic mass is 9.99. The standard InChI is InChI=1S/C22H18O3/c1-16-9-8-14-19(15-16)22(24)25-21(18-12-6-3-7-13-18)20(23)17-10-4-2-5-11-17/h2-15,21H,1H3/t21-/m1/s1. The van der Waals surface area contributed by atoms with Gasteiger partial charge in [-0.05, 0) is 19.1 Å². The van der Waals surface area contributed by atoms with Gasteiger partial charge in [0, 0.05) is 11.1 Å². The molecule has 0 saturated carbocycles. The van der Waals surface area contributed by atoms with E-state index >= 15 is 0 Å². The topological polar surface area (TPSA) is 43.4 Å². The number of aryl methyl sites for hydroxylation is 1. The summed E-state index contributed by atoms with van der Waals surface area (Å²) in [5, 5.41) is 0. The molecule has 3 aromatic rings. The van der Waals surface area contributed by atoms with Gasteiger partial charge in [-0.3, -0.25) is 4.79 Å². The number of carbonyl (C=O) groups is 2. The molecule has 0 aliphatic carbocycles. The Balaban J connectivity index is 1.92. The molecule has 0 heterocycles. The first-order chi connectivity index (χ1) is 12.1. The molecule has 0 aromatic heterocycles. The number of esters is 1. The van der Waals surface area contributed by atoms with Crippen molar-refractivity contribution in [3.05, 3.63) is 107 Å². The van der Waals surface area contributed by atoms with E-state index in [0.717, 1.165) is 5.56 Å². The van der Waals surface area contributed by atoms with Crippen LogP contribution in [0.25, 0.3) is 0 Å². The van der Waals surface area contributed by atoms with Gasteiger partial charge in [0.15, 0.2) is 6.10 Å². The van der Waals surface area contributed by atoms with Crippen LogP contribution in [0.15, 0.2) is 84.9 Å². The van der Waals surface area contributed by atoms with Gasteiger partial charge in [0.2, 0.25) is 5.78 Å². The molecule has 1 atom stereocenters. The number of hydrogen-bond acceptors (Lipinski definition) is 3. The highest BCUT2D eigenvalue weighted by Gasteiger charge is 2.26. The molecule has 3 rings (SSSR count). The van der Waals surface area contributed by atoms with Crippen LogP contribution in [-0.4, -0.2) is 11.8 Å². The highest BCUT2D eigenvalue weighted by atomic mass is 16.5. The van der Waals surface area contributed by atoms with Crippen LogP contribution in [0.1, 0.15) is 37.9 Å². The number of ether oxygens (including phenoxy) is 1. The lowest BCUT2D eigenvalue weighted by Crippen LogP contribution is -2.20. The molecule has 0 radical (unpaired) electrons. The predicted molar refractivity (Wildman–Crippen MR) is 96.6 cm³/mol. The van der Waals surface area contributed by atoms with E-state index in [-0.39, 0.29) is 5.78 Å². The van der Waals surface area contributed by atoms with Crippen LogP contribution in [0.4, 0.5) is 0 Å². The second kappa shape index (κ2) is 7.58. The Morgan fingerprint density at radius 1 is 0.760 bits per heavy atom. The molecule has 0 spiro atoms. The molecule has 0 unspecified atom stereocenters. The minimum Gasteiger partial charge on any atom is -0.445 e. The molecule has 3 aromatic carbocycles. The molecule has 3 heteroatoms. The quantitative estimate of drug-likeness (QED) is 0.500. The molecule has 25 heavy (non-hydrogen) atoms. The van der Waals surface area contributed by atoms with Crippen molar-refractivity contribution in [2.45, 2.75) is 13.0 Å². The van der Waals surface area contributed by atoms with Crippen LogP contribution in [0.2, 0.25) is 0 Å². The molecule has 0 N–H and O–H groups in total. The summed E-state index contributed by atoms with van der Waals surface area (Å²) >= 11 is 0. The third kappa shape index (κ3) is 4.01. The fraction of sp³-hybridized carbons (Fsp3) is 0.0909. The van der Waals surface area contributed by atoms with Crippen LogP contribution in [0.5, 0.6) is 0 Å². The molecule has 3 nitrogen and oxygen atoms in total. The Kier molecular flexibility index (Phi) is 5.05. The normalized spacial score (nSPS) is 11.6. The van der Waals surface area contributed by atoms with Crippen molar-refractivity contribution >= 4 is 11.8 Å². The van der Waals surface area contributed by atoms with E-state index in [1.165, 1.54) is 0 Å². The van der Waals surface area contributed by atoms with Crippen LogP contribution in [-0.2, 0) is 4.74 Å². The Labute approximate surface area is 146 Å². The van der Waals surface area contributed by atoms with Crippen molar-refractivity contribution in [1.29, 1.82) is 0 Å². The van der Waals surface area contributed by atoms with Gasteiger partial charge in [0.05, 0.1) is 5.56 Å². The summed E-state index contributed by atoms with van der Waals surface area (Å²) in [6.45, 7) is 1.90. The van der Waals surface area contributed by atoms with Crippen molar-refractivity contribution in [2.24, 2.45) is 0 Å². The predicted octanol–water partition coefficient (Wildman–Crippen LogP) is 4.78. The third-order valence-electron chi connectivity index (χ3n) is 3.88. The van der Waals surface area contributed by atoms with Gasteiger partial charge >= 0.3 is 5.97 Å². The molecule has 0 fully saturated rings. The van der Waals surface area contributed by atoms with Crippen molar-refractivity contribution in [3.8, 4) is 0 Å². The van der Waals surface area contributed by atoms with E-state index in [2.05, 4.69) is 0 Å². The highest BCUT2D eigenvalue weighted by molar-refractivity contribution is 6.02. The maximum atomic E-state index is 12.9. The molecular weight excluding hydrogens is 312 g/mol. The Morgan fingerprint density at radius 2 is 1.36 bits per heavy atom. The first kappa shape index (κ1) is 16.7. The maximum absolute atomic E-state index is 12.9. The number of hydrogen-bond donors (Lipinski definition) is 0. The monoisotopic (exact) mass is 330 g/mol. The fourth-order valence-corrected chi connectivity index (χ4v) is 2.60. The molecule has 0 bridgehead atoms. The second-order valence-electron chi connectivity index (χ2n) is 5.80. The van der Waals surface area contributed by atoms with Crippen molar-refractivity contribution in [3.63, 3.8) is 0 Å². The summed E-state index contributed by atoms with van der Waals surface area (Å²) in [6, 6.07) is 25.1. The average molecular weight is 330 g/mol. The van der Waals surface area contributed by atoms with Crippen LogP contribution >= 0.6 is 0 Å². The minimum absolute atomic E-state index is 0.243. The van der Waals surface area contributed by atoms with Crippen LogP contribution in [0.3, 0.4) is 0 Å². The van der Waals surface area contributed by atoms with E-state index < -0.39 is 12.1 Å². The van der Waals surface area contributed by atoms with Crippen molar-refractivity contribution < 1.29 is 14.3 Å². The number of rotatable bonds is 5. The second-order valence-corrected chi connectivity index (χ2v) is 5.80. The third-order valence-corrected chi connectivity index (χ3v) is 3.88. The molecular formula is C22H18O3. The zero-order valence-electron chi connectivity index (χ0n) is 13.9. The van der Waals surface area contributed by atoms with Gasteiger partial charge in [-0.1, -0.05) is 78.4 Å². The Bertz CT molecular complexity index is 870. The Morgan fingerprint density at radius 3 is 2.00 bits per heavy atom. The van der Waals surface area contributed by atoms with E-state index in [1.807, 2.05) is 37.3 Å². The molecule has 0 saturated heterocycles. The van der Waals surface area contributed by atoms with Crippen LogP contribution < -0.4 is 0 Å². The molecule has 124 valence electrons. The summed E-state index contributed by atoms with van der Waals surface area (Å²) < 4.78 is 5.61. The van der Waals surface area contributed by atoms with Gasteiger partial charge in [-0.25, -0.2) is 4.79 Å². The largest absolute Gasteiger partial charge is 0.445 e. The van der Waals surface area contributed by atoms with E-state index in [0.29, 0.717) is 16.7 Å². The van der Waals surface area contributed by atoms with E-state index in [1.54, 1.807) is 54.6 Å². The van der Waals surface area contributed by atoms with Crippen molar-refractivity contribution in [1.82, 2.24) is 0 Å². The molecule has 0 aliphatic heterocycles. The van der Waals surface area contributed by atoms with E-state index in [4.69, 9.17) is 4.74 Å². The lowest BCUT2D eigenvalue weighted by molar-refractivity contribution is 0.0280. The summed E-state index contributed by atoms with van der Waals surface area (Å²) in [5.74, 6) is -0.755. The number of ketones is 1. The maximum Gasteiger partial charge on any atom is 0.339 e. The van der Waals surface area contributed by atoms with E-state index in [9.17, 15) is 9.59 Å². The zero-order valence-corrected chi connectivity index (χ0v) is 13.9. The number of benzene rings is 3. The van der Waals surface area contributed by atoms with Gasteiger partial charge in [-0.15, -0.1) is 0 Å². The highest BCUT2D eigenvalue weighted by Crippen LogP contribution is 2.24. The molecule has 0 aliphatic rings. The van der Waals surface area contributed by atoms with Gasteiger partial charge in [0.1, 0.15) is 0 Å². The van der Waals surface area contributed by atoms with Crippen LogP contribution in [0, 0.1) is 6.92 Å². The SMILES string of the molecule is Cc1cccc(C(=O)O[C@@H](C(=O)c2ccccc2)c2ccccc2)c1. The fourth-order valence-electron chi connectivity index (χ4n) is 2.60. The van der Waals surface area contributed by atoms with Gasteiger partial charge in [0.25, 0.3) is 0 Å². The summed E-state index contributed by atoms with van der Waals surface area (Å²) in [5.41, 5.74) is 2.55. The molecule has 0 amide bonds. The summed E-state index contributed by atoms with van der Waals surface area (Å²) in [7, 11) is 0. The number of carbonyl (C=O) groups excluding carboxylic acids is 2. The lowest BCUT2D eigenvalue weighted by Gasteiger charge is -2.17. The summed E-state index contributed by atoms with van der Waals surface area (Å²) in [6.07, 6.45) is -0.975. The first-order valence-corrected chi connectivity index (χ1v) is 8.07. The number of Topliss-reactive ketones (excluding diaryl/α,β-unsaturated/α-hetero) is 1. The average Bonchev–Trinajstić information content (AvgIpc) is 2.67. The first-order valence-electron chi connectivity index (χ1n) is 8.07. The van der Waals surface area contributed by atoms with Gasteiger partial charge < -0.3 is 4.74 Å².